The van der Waals surface area contributed by atoms with Gasteiger partial charge in [0.25, 0.3) is 0 Å². The zero-order chi connectivity index (χ0) is 23.5. The molecule has 0 radical (unpaired) electrons. The summed E-state index contributed by atoms with van der Waals surface area (Å²) in [6.45, 7) is 6.23. The van der Waals surface area contributed by atoms with E-state index in [-0.39, 0.29) is 0 Å². The van der Waals surface area contributed by atoms with Crippen LogP contribution in [-0.4, -0.2) is 0 Å². The lowest BCUT2D eigenvalue weighted by molar-refractivity contribution is 0.922. The molecule has 0 bridgehead atoms. The van der Waals surface area contributed by atoms with E-state index in [9.17, 15) is 0 Å². The van der Waals surface area contributed by atoms with Gasteiger partial charge in [0.1, 0.15) is 0 Å². The zero-order valence-corrected chi connectivity index (χ0v) is 20.3. The van der Waals surface area contributed by atoms with E-state index in [0.29, 0.717) is 0 Å². The minimum Gasteiger partial charge on any atom is -0.310 e. The first-order valence-electron chi connectivity index (χ1n) is 12.4. The van der Waals surface area contributed by atoms with Crippen molar-refractivity contribution in [1.29, 1.82) is 0 Å². The van der Waals surface area contributed by atoms with Crippen molar-refractivity contribution in [2.24, 2.45) is 0 Å². The van der Waals surface area contributed by atoms with Crippen LogP contribution in [-0.2, 0) is 6.42 Å². The van der Waals surface area contributed by atoms with Gasteiger partial charge in [-0.05, 0) is 69.2 Å². The number of anilines is 3. The van der Waals surface area contributed by atoms with Crippen LogP contribution in [0.1, 0.15) is 32.8 Å². The summed E-state index contributed by atoms with van der Waals surface area (Å²) in [6, 6.07) is 39.9. The number of benzene rings is 6. The lowest BCUT2D eigenvalue weighted by Crippen LogP contribution is -2.10. The summed E-state index contributed by atoms with van der Waals surface area (Å²) in [5.74, 6) is 0. The maximum absolute atomic E-state index is 2.39. The predicted molar refractivity (Wildman–Crippen MR) is 150 cm³/mol. The molecule has 6 aromatic carbocycles. The highest BCUT2D eigenvalue weighted by Gasteiger charge is 2.17. The zero-order valence-electron chi connectivity index (χ0n) is 20.3. The quantitative estimate of drug-likeness (QED) is 0.241. The molecule has 0 aliphatic carbocycles. The van der Waals surface area contributed by atoms with Crippen LogP contribution in [0, 0.1) is 0 Å². The fraction of sp³-hybridized carbons (Fsp3) is 0.152. The Labute approximate surface area is 202 Å². The van der Waals surface area contributed by atoms with Crippen LogP contribution in [0.4, 0.5) is 17.1 Å². The van der Waals surface area contributed by atoms with Gasteiger partial charge in [0.2, 0.25) is 0 Å². The smallest absolute Gasteiger partial charge is 0.0540 e. The highest BCUT2D eigenvalue weighted by atomic mass is 15.1. The molecule has 6 aromatic rings. The maximum atomic E-state index is 2.39. The van der Waals surface area contributed by atoms with E-state index in [1.54, 1.807) is 0 Å². The molecule has 0 aromatic heterocycles. The van der Waals surface area contributed by atoms with Gasteiger partial charge in [-0.1, -0.05) is 106 Å². The Hall–Kier alpha value is -3.84. The Bertz CT molecular complexity index is 1500. The van der Waals surface area contributed by atoms with Crippen molar-refractivity contribution in [3.05, 3.63) is 115 Å². The summed E-state index contributed by atoms with van der Waals surface area (Å²) in [6.07, 6.45) is 2.28. The Morgan fingerprint density at radius 2 is 1.12 bits per heavy atom. The van der Waals surface area contributed by atoms with E-state index < -0.39 is 0 Å². The molecule has 0 aliphatic rings. The van der Waals surface area contributed by atoms with Crippen molar-refractivity contribution in [1.82, 2.24) is 0 Å². The molecule has 0 unspecified atom stereocenters. The van der Waals surface area contributed by atoms with Crippen LogP contribution in [0.3, 0.4) is 0 Å². The summed E-state index contributed by atoms with van der Waals surface area (Å²) in [5.41, 5.74) is 4.96. The number of hydrogen-bond donors (Lipinski definition) is 0. The van der Waals surface area contributed by atoms with Crippen LogP contribution >= 0.6 is 0 Å². The van der Waals surface area contributed by atoms with Gasteiger partial charge >= 0.3 is 0 Å². The predicted octanol–water partition coefficient (Wildman–Crippen LogP) is 10.0. The molecule has 0 saturated heterocycles. The molecule has 0 amide bonds. The molecule has 0 atom stereocenters. The van der Waals surface area contributed by atoms with E-state index in [4.69, 9.17) is 0 Å². The van der Waals surface area contributed by atoms with Gasteiger partial charge in [0, 0.05) is 16.8 Å². The van der Waals surface area contributed by atoms with Gasteiger partial charge in [-0.3, -0.25) is 0 Å². The molecule has 0 heterocycles. The average Bonchev–Trinajstić information content (AvgIpc) is 2.91. The third-order valence-electron chi connectivity index (χ3n) is 6.49. The Morgan fingerprint density at radius 1 is 0.529 bits per heavy atom. The second kappa shape index (κ2) is 9.57. The average molecular weight is 442 g/mol. The van der Waals surface area contributed by atoms with E-state index in [2.05, 4.69) is 121 Å². The van der Waals surface area contributed by atoms with Gasteiger partial charge in [0.05, 0.1) is 5.69 Å². The summed E-state index contributed by atoms with van der Waals surface area (Å²) in [7, 11) is 0. The number of hydrogen-bond acceptors (Lipinski definition) is 1. The SMILES string of the molecule is CC.CCCc1ccc(N(c2ccccc2)c2ccc3ccc4cccc5ccc2c3c45)cc1. The van der Waals surface area contributed by atoms with Gasteiger partial charge in [-0.2, -0.15) is 0 Å². The standard InChI is InChI=1S/C31H25N.C2H6/c1-2-7-22-12-18-27(19-13-22)32(26-10-4-3-5-11-26)29-21-17-25-15-14-23-8-6-9-24-16-20-28(29)31(25)30(23)24;1-2/h3-6,8-21H,2,7H2,1H3;1-2H3. The molecule has 6 rings (SSSR count). The molecule has 168 valence electrons. The van der Waals surface area contributed by atoms with E-state index in [1.807, 2.05) is 13.8 Å². The van der Waals surface area contributed by atoms with Crippen molar-refractivity contribution in [3.63, 3.8) is 0 Å². The molecular formula is C33H31N. The van der Waals surface area contributed by atoms with Gasteiger partial charge in [0.15, 0.2) is 0 Å². The van der Waals surface area contributed by atoms with E-state index in [0.717, 1.165) is 12.8 Å². The molecule has 1 nitrogen and oxygen atoms in total. The van der Waals surface area contributed by atoms with Crippen molar-refractivity contribution >= 4 is 49.4 Å². The Balaban J connectivity index is 0.00000117. The van der Waals surface area contributed by atoms with Crippen LogP contribution in [0.2, 0.25) is 0 Å². The molecule has 0 spiro atoms. The largest absolute Gasteiger partial charge is 0.310 e. The van der Waals surface area contributed by atoms with Crippen LogP contribution in [0.5, 0.6) is 0 Å². The summed E-state index contributed by atoms with van der Waals surface area (Å²) >= 11 is 0. The van der Waals surface area contributed by atoms with Crippen LogP contribution < -0.4 is 4.90 Å². The van der Waals surface area contributed by atoms with E-state index >= 15 is 0 Å². The monoisotopic (exact) mass is 441 g/mol. The second-order valence-electron chi connectivity index (χ2n) is 8.53. The fourth-order valence-corrected chi connectivity index (χ4v) is 5.02. The maximum Gasteiger partial charge on any atom is 0.0540 e. The first-order valence-corrected chi connectivity index (χ1v) is 12.4. The summed E-state index contributed by atoms with van der Waals surface area (Å²) in [5, 5.41) is 7.88. The number of rotatable bonds is 5. The van der Waals surface area contributed by atoms with Gasteiger partial charge in [-0.25, -0.2) is 0 Å². The third-order valence-corrected chi connectivity index (χ3v) is 6.49. The fourth-order valence-electron chi connectivity index (χ4n) is 5.02. The lowest BCUT2D eigenvalue weighted by Gasteiger charge is -2.28. The van der Waals surface area contributed by atoms with Crippen molar-refractivity contribution in [2.75, 3.05) is 4.90 Å². The van der Waals surface area contributed by atoms with Gasteiger partial charge in [-0.15, -0.1) is 0 Å². The molecule has 0 aliphatic heterocycles. The summed E-state index contributed by atoms with van der Waals surface area (Å²) in [4.78, 5) is 2.39. The summed E-state index contributed by atoms with van der Waals surface area (Å²) < 4.78 is 0. The minimum absolute atomic E-state index is 1.12. The second-order valence-corrected chi connectivity index (χ2v) is 8.53. The molecule has 1 heteroatoms. The lowest BCUT2D eigenvalue weighted by atomic mass is 9.93. The van der Waals surface area contributed by atoms with Crippen molar-refractivity contribution in [2.45, 2.75) is 33.6 Å². The highest BCUT2D eigenvalue weighted by molar-refractivity contribution is 6.25. The number of aryl methyl sites for hydroxylation is 1. The molecular weight excluding hydrogens is 410 g/mol. The topological polar surface area (TPSA) is 3.24 Å². The molecule has 34 heavy (non-hydrogen) atoms. The number of para-hydroxylation sites is 1. The van der Waals surface area contributed by atoms with Gasteiger partial charge < -0.3 is 4.90 Å². The van der Waals surface area contributed by atoms with Crippen LogP contribution in [0.15, 0.2) is 109 Å². The molecule has 0 fully saturated rings. The number of nitrogens with zero attached hydrogens (tertiary/aromatic N) is 1. The Morgan fingerprint density at radius 3 is 1.79 bits per heavy atom. The highest BCUT2D eigenvalue weighted by Crippen LogP contribution is 2.43. The molecule has 0 N–H and O–H groups in total. The van der Waals surface area contributed by atoms with Crippen LogP contribution in [0.25, 0.3) is 32.3 Å². The minimum atomic E-state index is 1.12. The first-order chi connectivity index (χ1) is 16.8. The first kappa shape index (κ1) is 22.0. The van der Waals surface area contributed by atoms with Crippen molar-refractivity contribution < 1.29 is 0 Å². The normalized spacial score (nSPS) is 11.0. The molecule has 0 saturated carbocycles. The Kier molecular flexibility index (Phi) is 6.18. The van der Waals surface area contributed by atoms with E-state index in [1.165, 1.54) is 54.9 Å². The third kappa shape index (κ3) is 3.78. The van der Waals surface area contributed by atoms with Crippen molar-refractivity contribution in [3.8, 4) is 0 Å².